The van der Waals surface area contributed by atoms with E-state index in [0.29, 0.717) is 11.3 Å². The summed E-state index contributed by atoms with van der Waals surface area (Å²) in [4.78, 5) is 15.1. The van der Waals surface area contributed by atoms with Gasteiger partial charge in [0.15, 0.2) is 23.2 Å². The first-order valence-electron chi connectivity index (χ1n) is 8.75. The number of ketones is 1. The molecule has 1 heterocycles. The van der Waals surface area contributed by atoms with E-state index in [9.17, 15) is 13.6 Å². The van der Waals surface area contributed by atoms with Gasteiger partial charge in [-0.1, -0.05) is 6.08 Å². The summed E-state index contributed by atoms with van der Waals surface area (Å²) in [5, 5.41) is 11.8. The third kappa shape index (κ3) is 4.97. The van der Waals surface area contributed by atoms with Gasteiger partial charge in [0.05, 0.1) is 17.3 Å². The van der Waals surface area contributed by atoms with Crippen LogP contribution >= 0.6 is 0 Å². The number of allylic oxidation sites excluding steroid dienone is 1. The van der Waals surface area contributed by atoms with Gasteiger partial charge >= 0.3 is 0 Å². The summed E-state index contributed by atoms with van der Waals surface area (Å²) in [5.74, 6) is -2.62. The molecule has 150 valence electrons. The molecule has 0 saturated carbocycles. The molecule has 0 unspecified atom stereocenters. The lowest BCUT2D eigenvalue weighted by atomic mass is 10.1. The average molecular weight is 406 g/mol. The highest BCUT2D eigenvalue weighted by Gasteiger charge is 2.15. The molecular weight excluding hydrogens is 390 g/mol. The lowest BCUT2D eigenvalue weighted by Gasteiger charge is -2.12. The van der Waals surface area contributed by atoms with Crippen LogP contribution in [0.2, 0.25) is 0 Å². The summed E-state index contributed by atoms with van der Waals surface area (Å²) in [6.07, 6.45) is 2.51. The minimum atomic E-state index is -0.946. The Balaban J connectivity index is 1.84. The summed E-state index contributed by atoms with van der Waals surface area (Å²) in [7, 11) is 0. The van der Waals surface area contributed by atoms with Crippen LogP contribution in [0.25, 0.3) is 6.08 Å². The van der Waals surface area contributed by atoms with E-state index in [1.807, 2.05) is 6.07 Å². The zero-order valence-electron chi connectivity index (χ0n) is 15.8. The van der Waals surface area contributed by atoms with Crippen LogP contribution in [0.5, 0.6) is 11.6 Å². The van der Waals surface area contributed by atoms with Gasteiger partial charge in [0.2, 0.25) is 11.6 Å². The molecular formula is C22H16F2N4O2. The highest BCUT2D eigenvalue weighted by molar-refractivity contribution is 5.91. The molecule has 0 spiro atoms. The number of aromatic nitrogens is 1. The van der Waals surface area contributed by atoms with Gasteiger partial charge < -0.3 is 15.8 Å². The topological polar surface area (TPSA) is 101 Å². The van der Waals surface area contributed by atoms with Crippen molar-refractivity contribution in [1.82, 2.24) is 4.98 Å². The van der Waals surface area contributed by atoms with Crippen LogP contribution < -0.4 is 15.8 Å². The Bertz CT molecular complexity index is 1150. The number of nitriles is 1. The number of nitrogens with zero attached hydrogens (tertiary/aromatic N) is 2. The van der Waals surface area contributed by atoms with Crippen LogP contribution in [0.3, 0.4) is 0 Å². The second-order valence-electron chi connectivity index (χ2n) is 6.26. The highest BCUT2D eigenvalue weighted by atomic mass is 19.1. The van der Waals surface area contributed by atoms with E-state index in [-0.39, 0.29) is 28.7 Å². The Kier molecular flexibility index (Phi) is 6.03. The number of pyridine rings is 1. The molecule has 0 saturated heterocycles. The summed E-state index contributed by atoms with van der Waals surface area (Å²) in [5.41, 5.74) is 7.49. The first-order valence-corrected chi connectivity index (χ1v) is 8.75. The zero-order chi connectivity index (χ0) is 21.7. The van der Waals surface area contributed by atoms with Gasteiger partial charge in [-0.25, -0.2) is 8.78 Å². The number of carbonyl (C=O) groups excluding carboxylic acids is 1. The van der Waals surface area contributed by atoms with Crippen LogP contribution in [-0.4, -0.2) is 10.8 Å². The molecule has 3 N–H and O–H groups in total. The van der Waals surface area contributed by atoms with Crippen LogP contribution in [0, 0.1) is 23.0 Å². The fourth-order valence-electron chi connectivity index (χ4n) is 2.47. The second-order valence-corrected chi connectivity index (χ2v) is 6.26. The standard InChI is InChI=1S/C22H16F2N4O2/c1-13(29)2-3-15-10-17(23)21(18(24)11-15)30-20-9-8-19(26)22(28-20)27-16-6-4-14(12-25)5-7-16/h2-11H,26H2,1H3,(H,27,28). The van der Waals surface area contributed by atoms with E-state index >= 15 is 0 Å². The monoisotopic (exact) mass is 406 g/mol. The number of anilines is 3. The Morgan fingerprint density at radius 2 is 1.83 bits per heavy atom. The largest absolute Gasteiger partial charge is 0.433 e. The van der Waals surface area contributed by atoms with Crippen LogP contribution in [0.15, 0.2) is 54.6 Å². The summed E-state index contributed by atoms with van der Waals surface area (Å²) in [6.45, 7) is 1.33. The van der Waals surface area contributed by atoms with Gasteiger partial charge in [-0.2, -0.15) is 10.2 Å². The zero-order valence-corrected chi connectivity index (χ0v) is 15.8. The van der Waals surface area contributed by atoms with Crippen molar-refractivity contribution in [2.24, 2.45) is 0 Å². The molecule has 8 heteroatoms. The third-order valence-corrected chi connectivity index (χ3v) is 3.92. The second kappa shape index (κ2) is 8.84. The number of halogens is 2. The van der Waals surface area contributed by atoms with Gasteiger partial charge in [0, 0.05) is 11.8 Å². The minimum Gasteiger partial charge on any atom is -0.433 e. The molecule has 3 rings (SSSR count). The predicted molar refractivity (Wildman–Crippen MR) is 109 cm³/mol. The smallest absolute Gasteiger partial charge is 0.221 e. The fourth-order valence-corrected chi connectivity index (χ4v) is 2.47. The van der Waals surface area contributed by atoms with Gasteiger partial charge in [-0.15, -0.1) is 0 Å². The molecule has 0 radical (unpaired) electrons. The molecule has 0 bridgehead atoms. The number of hydrogen-bond acceptors (Lipinski definition) is 6. The summed E-state index contributed by atoms with van der Waals surface area (Å²) >= 11 is 0. The molecule has 30 heavy (non-hydrogen) atoms. The van der Waals surface area contributed by atoms with E-state index in [1.54, 1.807) is 24.3 Å². The van der Waals surface area contributed by atoms with E-state index in [1.165, 1.54) is 31.2 Å². The number of hydrogen-bond donors (Lipinski definition) is 2. The molecule has 0 atom stereocenters. The van der Waals surface area contributed by atoms with Crippen molar-refractivity contribution in [3.63, 3.8) is 0 Å². The van der Waals surface area contributed by atoms with Crippen molar-refractivity contribution in [1.29, 1.82) is 5.26 Å². The predicted octanol–water partition coefficient (Wildman–Crippen LogP) is 4.95. The molecule has 0 amide bonds. The number of nitrogen functional groups attached to an aromatic ring is 1. The number of benzene rings is 2. The SMILES string of the molecule is CC(=O)C=Cc1cc(F)c(Oc2ccc(N)c(Nc3ccc(C#N)cc3)n2)c(F)c1. The number of rotatable bonds is 6. The molecule has 0 aliphatic carbocycles. The number of ether oxygens (including phenoxy) is 1. The molecule has 0 aliphatic rings. The van der Waals surface area contributed by atoms with Gasteiger partial charge in [0.1, 0.15) is 0 Å². The van der Waals surface area contributed by atoms with Crippen LogP contribution in [-0.2, 0) is 4.79 Å². The van der Waals surface area contributed by atoms with Crippen molar-refractivity contribution in [3.05, 3.63) is 77.4 Å². The first kappa shape index (κ1) is 20.5. The Hall–Kier alpha value is -4.25. The Morgan fingerprint density at radius 3 is 2.43 bits per heavy atom. The highest BCUT2D eigenvalue weighted by Crippen LogP contribution is 2.31. The molecule has 2 aromatic carbocycles. The van der Waals surface area contributed by atoms with Gasteiger partial charge in [-0.3, -0.25) is 4.79 Å². The molecule has 3 aromatic rings. The number of nitrogens with two attached hydrogens (primary N) is 1. The number of nitrogens with one attached hydrogen (secondary N) is 1. The summed E-state index contributed by atoms with van der Waals surface area (Å²) < 4.78 is 34.0. The van der Waals surface area contributed by atoms with Gasteiger partial charge in [0.25, 0.3) is 0 Å². The molecule has 1 aromatic heterocycles. The van der Waals surface area contributed by atoms with Crippen LogP contribution in [0.4, 0.5) is 26.0 Å². The quantitative estimate of drug-likeness (QED) is 0.562. The van der Waals surface area contributed by atoms with Gasteiger partial charge in [-0.05, 0) is 61.0 Å². The normalized spacial score (nSPS) is 10.6. The molecule has 0 fully saturated rings. The van der Waals surface area contributed by atoms with Crippen LogP contribution in [0.1, 0.15) is 18.1 Å². The minimum absolute atomic E-state index is 0.0785. The van der Waals surface area contributed by atoms with Crippen molar-refractivity contribution in [3.8, 4) is 17.7 Å². The fraction of sp³-hybridized carbons (Fsp3) is 0.0455. The maximum Gasteiger partial charge on any atom is 0.221 e. The Morgan fingerprint density at radius 1 is 1.17 bits per heavy atom. The lowest BCUT2D eigenvalue weighted by molar-refractivity contribution is -0.112. The Labute approximate surface area is 171 Å². The van der Waals surface area contributed by atoms with Crippen molar-refractivity contribution in [2.75, 3.05) is 11.1 Å². The maximum atomic E-state index is 14.3. The first-order chi connectivity index (χ1) is 14.4. The molecule has 6 nitrogen and oxygen atoms in total. The van der Waals surface area contributed by atoms with Crippen molar-refractivity contribution >= 4 is 29.1 Å². The third-order valence-electron chi connectivity index (χ3n) is 3.92. The van der Waals surface area contributed by atoms with E-state index < -0.39 is 17.4 Å². The number of carbonyl (C=O) groups is 1. The molecule has 0 aliphatic heterocycles. The van der Waals surface area contributed by atoms with E-state index in [4.69, 9.17) is 15.7 Å². The van der Waals surface area contributed by atoms with E-state index in [2.05, 4.69) is 10.3 Å². The average Bonchev–Trinajstić information content (AvgIpc) is 2.72. The lowest BCUT2D eigenvalue weighted by Crippen LogP contribution is -2.02. The van der Waals surface area contributed by atoms with E-state index in [0.717, 1.165) is 12.1 Å². The maximum absolute atomic E-state index is 14.3. The van der Waals surface area contributed by atoms with Crippen molar-refractivity contribution < 1.29 is 18.3 Å². The van der Waals surface area contributed by atoms with Crippen molar-refractivity contribution in [2.45, 2.75) is 6.92 Å². The summed E-state index contributed by atoms with van der Waals surface area (Å²) in [6, 6.07) is 13.5.